The van der Waals surface area contributed by atoms with Crippen LogP contribution in [0.25, 0.3) is 12.2 Å². The van der Waals surface area contributed by atoms with Gasteiger partial charge in [0.25, 0.3) is 0 Å². The second-order valence-corrected chi connectivity index (χ2v) is 3.27. The maximum Gasteiger partial charge on any atom is 0.164 e. The van der Waals surface area contributed by atoms with E-state index in [1.54, 1.807) is 6.08 Å². The molecule has 0 N–H and O–H groups in total. The average molecular weight is 161 g/mol. The van der Waals surface area contributed by atoms with E-state index in [9.17, 15) is 4.79 Å². The van der Waals surface area contributed by atoms with E-state index in [0.717, 1.165) is 5.35 Å². The second-order valence-electron chi connectivity index (χ2n) is 3.27. The van der Waals surface area contributed by atoms with Gasteiger partial charge < -0.3 is 4.57 Å². The highest BCUT2D eigenvalue weighted by Gasteiger charge is 2.11. The molecule has 0 saturated carbocycles. The van der Waals surface area contributed by atoms with Gasteiger partial charge in [0.05, 0.1) is 5.35 Å². The van der Waals surface area contributed by atoms with Crippen molar-refractivity contribution < 1.29 is 4.79 Å². The van der Waals surface area contributed by atoms with Gasteiger partial charge in [-0.05, 0) is 11.3 Å². The zero-order valence-corrected chi connectivity index (χ0v) is 7.24. The Labute approximate surface area is 70.8 Å². The quantitative estimate of drug-likeness (QED) is 0.516. The molecule has 62 valence electrons. The number of carbonyl (C=O) groups is 1. The minimum atomic E-state index is 0.0416. The van der Waals surface area contributed by atoms with Crippen LogP contribution in [-0.2, 0) is 11.8 Å². The van der Waals surface area contributed by atoms with Crippen molar-refractivity contribution in [1.82, 2.24) is 4.57 Å². The van der Waals surface area contributed by atoms with Crippen molar-refractivity contribution >= 4 is 17.9 Å². The van der Waals surface area contributed by atoms with E-state index in [-0.39, 0.29) is 11.7 Å². The minimum Gasteiger partial charge on any atom is -0.350 e. The van der Waals surface area contributed by atoms with Gasteiger partial charge in [-0.2, -0.15) is 0 Å². The average Bonchev–Trinajstić information content (AvgIpc) is 2.35. The highest BCUT2D eigenvalue weighted by molar-refractivity contribution is 6.10. The lowest BCUT2D eigenvalue weighted by atomic mass is 10.0. The van der Waals surface area contributed by atoms with Crippen molar-refractivity contribution in [3.63, 3.8) is 0 Å². The van der Waals surface area contributed by atoms with Gasteiger partial charge in [0, 0.05) is 25.2 Å². The van der Waals surface area contributed by atoms with Crippen LogP contribution in [0.3, 0.4) is 0 Å². The molecule has 0 radical (unpaired) electrons. The van der Waals surface area contributed by atoms with Gasteiger partial charge in [-0.1, -0.05) is 13.0 Å². The third kappa shape index (κ3) is 0.916. The number of hydrogen-bond acceptors (Lipinski definition) is 1. The monoisotopic (exact) mass is 161 g/mol. The number of rotatable bonds is 0. The Kier molecular flexibility index (Phi) is 1.43. The molecule has 1 aliphatic carbocycles. The largest absolute Gasteiger partial charge is 0.350 e. The summed E-state index contributed by atoms with van der Waals surface area (Å²) in [4.78, 5) is 11.3. The summed E-state index contributed by atoms with van der Waals surface area (Å²) in [5.74, 6) is 0.240. The van der Waals surface area contributed by atoms with Crippen molar-refractivity contribution in [1.29, 1.82) is 0 Å². The first-order valence-corrected chi connectivity index (χ1v) is 4.07. The zero-order chi connectivity index (χ0) is 8.72. The van der Waals surface area contributed by atoms with Crippen LogP contribution >= 0.6 is 0 Å². The van der Waals surface area contributed by atoms with Crippen molar-refractivity contribution in [2.45, 2.75) is 6.92 Å². The molecule has 0 saturated heterocycles. The third-order valence-corrected chi connectivity index (χ3v) is 2.31. The molecule has 1 heterocycles. The van der Waals surface area contributed by atoms with E-state index in [2.05, 4.69) is 0 Å². The van der Waals surface area contributed by atoms with Crippen LogP contribution in [0.4, 0.5) is 0 Å². The number of aromatic nitrogens is 1. The van der Waals surface area contributed by atoms with Gasteiger partial charge in [0.1, 0.15) is 0 Å². The van der Waals surface area contributed by atoms with Crippen molar-refractivity contribution in [3.8, 4) is 0 Å². The summed E-state index contributed by atoms with van der Waals surface area (Å²) in [5.41, 5.74) is 0. The van der Waals surface area contributed by atoms with Crippen molar-refractivity contribution in [2.24, 2.45) is 13.0 Å². The first-order valence-electron chi connectivity index (χ1n) is 4.07. The molecule has 2 rings (SSSR count). The first-order chi connectivity index (χ1) is 5.68. The van der Waals surface area contributed by atoms with Gasteiger partial charge in [0.15, 0.2) is 5.78 Å². The van der Waals surface area contributed by atoms with E-state index in [0.29, 0.717) is 0 Å². The Morgan fingerprint density at radius 1 is 1.50 bits per heavy atom. The highest BCUT2D eigenvalue weighted by Crippen LogP contribution is 2.01. The predicted octanol–water partition coefficient (Wildman–Crippen LogP) is -0.195. The number of aryl methyl sites for hydroxylation is 1. The molecular weight excluding hydrogens is 150 g/mol. The summed E-state index contributed by atoms with van der Waals surface area (Å²) in [6.07, 6.45) is 5.71. The second kappa shape index (κ2) is 2.34. The van der Waals surface area contributed by atoms with E-state index >= 15 is 0 Å². The van der Waals surface area contributed by atoms with Gasteiger partial charge in [-0.15, -0.1) is 0 Å². The van der Waals surface area contributed by atoms with Crippen LogP contribution in [-0.4, -0.2) is 10.4 Å². The standard InChI is InChI=1S/C10H11NO/c1-7-5-8-3-4-11(2)9(8)6-10(7)12/h3-7H,1-2H3. The summed E-state index contributed by atoms with van der Waals surface area (Å²) in [7, 11) is 1.95. The zero-order valence-electron chi connectivity index (χ0n) is 7.24. The molecule has 1 aliphatic rings. The fourth-order valence-electron chi connectivity index (χ4n) is 1.51. The summed E-state index contributed by atoms with van der Waals surface area (Å²) >= 11 is 0. The molecule has 12 heavy (non-hydrogen) atoms. The molecule has 2 heteroatoms. The minimum absolute atomic E-state index is 0.0416. The molecule has 0 fully saturated rings. The number of fused-ring (bicyclic) bond motifs is 1. The number of ketones is 1. The molecular formula is C10H11NO. The fraction of sp³-hybridized carbons (Fsp3) is 0.300. The lowest BCUT2D eigenvalue weighted by Gasteiger charge is -2.04. The Hall–Kier alpha value is -1.31. The number of nitrogens with zero attached hydrogens (tertiary/aromatic N) is 1. The normalized spacial score (nSPS) is 21.2. The molecule has 0 amide bonds. The van der Waals surface area contributed by atoms with Crippen LogP contribution in [0.5, 0.6) is 0 Å². The molecule has 0 aliphatic heterocycles. The Morgan fingerprint density at radius 2 is 2.25 bits per heavy atom. The summed E-state index contributed by atoms with van der Waals surface area (Å²) in [6.45, 7) is 1.93. The smallest absolute Gasteiger partial charge is 0.164 e. The summed E-state index contributed by atoms with van der Waals surface area (Å²) in [5, 5.41) is 2.20. The van der Waals surface area contributed by atoms with Gasteiger partial charge in [-0.3, -0.25) is 4.79 Å². The predicted molar refractivity (Wildman–Crippen MR) is 47.8 cm³/mol. The van der Waals surface area contributed by atoms with Crippen molar-refractivity contribution in [2.75, 3.05) is 0 Å². The molecule has 1 aromatic heterocycles. The van der Waals surface area contributed by atoms with Crippen LogP contribution in [0.15, 0.2) is 12.3 Å². The van der Waals surface area contributed by atoms with Crippen LogP contribution in [0, 0.1) is 5.92 Å². The molecule has 2 nitrogen and oxygen atoms in total. The lowest BCUT2D eigenvalue weighted by molar-refractivity contribution is -0.114. The fourth-order valence-corrected chi connectivity index (χ4v) is 1.51. The van der Waals surface area contributed by atoms with Gasteiger partial charge in [-0.25, -0.2) is 0 Å². The molecule has 0 aromatic carbocycles. The topological polar surface area (TPSA) is 22.0 Å². The Balaban J connectivity index is 2.82. The summed E-state index contributed by atoms with van der Waals surface area (Å²) in [6, 6.07) is 2.04. The highest BCUT2D eigenvalue weighted by atomic mass is 16.1. The Bertz CT molecular complexity index is 439. The molecule has 0 spiro atoms. The van der Waals surface area contributed by atoms with Crippen LogP contribution in [0.1, 0.15) is 6.92 Å². The molecule has 0 bridgehead atoms. The van der Waals surface area contributed by atoms with Gasteiger partial charge >= 0.3 is 0 Å². The Morgan fingerprint density at radius 3 is 3.00 bits per heavy atom. The van der Waals surface area contributed by atoms with E-state index < -0.39 is 0 Å². The summed E-state index contributed by atoms with van der Waals surface area (Å²) < 4.78 is 1.97. The molecule has 1 atom stereocenters. The molecule has 1 unspecified atom stereocenters. The first kappa shape index (κ1) is 7.35. The number of carbonyl (C=O) groups excluding carboxylic acids is 1. The maximum atomic E-state index is 11.3. The van der Waals surface area contributed by atoms with E-state index in [1.165, 1.54) is 5.22 Å². The van der Waals surface area contributed by atoms with Crippen LogP contribution < -0.4 is 10.6 Å². The van der Waals surface area contributed by atoms with Crippen LogP contribution in [0.2, 0.25) is 0 Å². The third-order valence-electron chi connectivity index (χ3n) is 2.31. The lowest BCUT2D eigenvalue weighted by Crippen LogP contribution is -2.34. The SMILES string of the molecule is CC1C=c2ccn(C)c2=CC1=O. The molecule has 1 aromatic rings. The number of hydrogen-bond donors (Lipinski definition) is 0. The van der Waals surface area contributed by atoms with Crippen molar-refractivity contribution in [3.05, 3.63) is 22.8 Å². The maximum absolute atomic E-state index is 11.3. The van der Waals surface area contributed by atoms with E-state index in [4.69, 9.17) is 0 Å². The number of Topliss-reactive ketones (excluding diaryl/α,β-unsaturated/α-hetero) is 1. The van der Waals surface area contributed by atoms with Gasteiger partial charge in [0.2, 0.25) is 0 Å². The van der Waals surface area contributed by atoms with E-state index in [1.807, 2.05) is 36.9 Å².